The van der Waals surface area contributed by atoms with Gasteiger partial charge in [-0.2, -0.15) is 5.10 Å². The quantitative estimate of drug-likeness (QED) is 0.918. The molecule has 5 nitrogen and oxygen atoms in total. The number of nitrogens with two attached hydrogens (primary N) is 1. The van der Waals surface area contributed by atoms with Gasteiger partial charge in [-0.1, -0.05) is 0 Å². The summed E-state index contributed by atoms with van der Waals surface area (Å²) in [5, 5.41) is 4.16. The maximum atomic E-state index is 5.85. The lowest BCUT2D eigenvalue weighted by atomic mass is 10.4. The number of nitrogens with zero attached hydrogens (tertiary/aromatic N) is 3. The van der Waals surface area contributed by atoms with E-state index in [0.717, 1.165) is 10.2 Å². The molecule has 0 unspecified atom stereocenters. The van der Waals surface area contributed by atoms with E-state index in [4.69, 9.17) is 10.5 Å². The van der Waals surface area contributed by atoms with Gasteiger partial charge in [0.25, 0.3) is 0 Å². The Morgan fingerprint density at radius 3 is 2.75 bits per heavy atom. The zero-order valence-corrected chi connectivity index (χ0v) is 10.5. The van der Waals surface area contributed by atoms with E-state index >= 15 is 0 Å². The van der Waals surface area contributed by atoms with Crippen LogP contribution in [-0.4, -0.2) is 14.8 Å². The van der Waals surface area contributed by atoms with Crippen LogP contribution in [0.5, 0.6) is 11.6 Å². The van der Waals surface area contributed by atoms with Crippen LogP contribution in [0.2, 0.25) is 0 Å². The number of ether oxygens (including phenoxy) is 1. The summed E-state index contributed by atoms with van der Waals surface area (Å²) < 4.78 is 8.08. The van der Waals surface area contributed by atoms with E-state index in [0.29, 0.717) is 17.3 Å². The van der Waals surface area contributed by atoms with E-state index in [9.17, 15) is 0 Å². The molecule has 0 saturated heterocycles. The molecule has 2 rings (SSSR count). The number of nitrogen functional groups attached to an aromatic ring is 1. The molecule has 0 bridgehead atoms. The van der Waals surface area contributed by atoms with Crippen molar-refractivity contribution < 1.29 is 4.74 Å². The van der Waals surface area contributed by atoms with Gasteiger partial charge in [0.05, 0.1) is 11.9 Å². The Balaban J connectivity index is 2.34. The number of rotatable bonds is 2. The van der Waals surface area contributed by atoms with Gasteiger partial charge in [-0.05, 0) is 28.9 Å². The molecular formula is C10H11BrN4O. The van der Waals surface area contributed by atoms with Crippen LogP contribution in [0.25, 0.3) is 0 Å². The van der Waals surface area contributed by atoms with Gasteiger partial charge in [-0.25, -0.2) is 4.68 Å². The van der Waals surface area contributed by atoms with Crippen LogP contribution in [0.4, 0.5) is 5.69 Å². The van der Waals surface area contributed by atoms with Crippen LogP contribution >= 0.6 is 15.9 Å². The third kappa shape index (κ3) is 2.01. The van der Waals surface area contributed by atoms with Crippen LogP contribution in [0.15, 0.2) is 22.9 Å². The van der Waals surface area contributed by atoms with Crippen molar-refractivity contribution >= 4 is 21.6 Å². The molecule has 6 heteroatoms. The highest BCUT2D eigenvalue weighted by atomic mass is 79.9. The fraction of sp³-hybridized carbons (Fsp3) is 0.200. The highest BCUT2D eigenvalue weighted by Gasteiger charge is 2.12. The zero-order chi connectivity index (χ0) is 11.7. The molecule has 0 amide bonds. The molecule has 2 aromatic heterocycles. The summed E-state index contributed by atoms with van der Waals surface area (Å²) in [6.07, 6.45) is 3.30. The van der Waals surface area contributed by atoms with Crippen molar-refractivity contribution in [1.82, 2.24) is 14.8 Å². The first-order valence-corrected chi connectivity index (χ1v) is 5.44. The lowest BCUT2D eigenvalue weighted by molar-refractivity contribution is 0.430. The number of halogens is 1. The molecule has 0 aliphatic rings. The first kappa shape index (κ1) is 10.9. The van der Waals surface area contributed by atoms with E-state index < -0.39 is 0 Å². The van der Waals surface area contributed by atoms with E-state index in [1.54, 1.807) is 24.1 Å². The molecule has 0 aliphatic heterocycles. The topological polar surface area (TPSA) is 66.0 Å². The lowest BCUT2D eigenvalue weighted by Crippen LogP contribution is -1.97. The zero-order valence-electron chi connectivity index (χ0n) is 8.94. The van der Waals surface area contributed by atoms with E-state index in [1.165, 1.54) is 0 Å². The molecule has 2 N–H and O–H groups in total. The molecule has 2 aromatic rings. The van der Waals surface area contributed by atoms with Crippen LogP contribution in [0.3, 0.4) is 0 Å². The van der Waals surface area contributed by atoms with Crippen molar-refractivity contribution in [2.75, 3.05) is 5.73 Å². The van der Waals surface area contributed by atoms with Gasteiger partial charge >= 0.3 is 0 Å². The Morgan fingerprint density at radius 1 is 1.44 bits per heavy atom. The third-order valence-corrected chi connectivity index (χ3v) is 2.54. The number of hydrogen-bond acceptors (Lipinski definition) is 4. The van der Waals surface area contributed by atoms with Crippen molar-refractivity contribution in [1.29, 1.82) is 0 Å². The average Bonchev–Trinajstić information content (AvgIpc) is 2.45. The molecule has 0 spiro atoms. The van der Waals surface area contributed by atoms with Crippen LogP contribution in [0.1, 0.15) is 5.69 Å². The molecule has 0 aromatic carbocycles. The maximum absolute atomic E-state index is 5.85. The predicted octanol–water partition coefficient (Wildman–Crippen LogP) is 2.26. The predicted molar refractivity (Wildman–Crippen MR) is 64.4 cm³/mol. The molecule has 0 radical (unpaired) electrons. The summed E-state index contributed by atoms with van der Waals surface area (Å²) in [6.45, 7) is 1.83. The number of pyridine rings is 1. The number of aromatic nitrogens is 3. The van der Waals surface area contributed by atoms with Crippen molar-refractivity contribution in [3.8, 4) is 11.6 Å². The van der Waals surface area contributed by atoms with Crippen LogP contribution in [0, 0.1) is 6.92 Å². The SMILES string of the molecule is Cc1nn(C)c(Oc2cncc(Br)c2)c1N. The summed E-state index contributed by atoms with van der Waals surface area (Å²) >= 11 is 3.32. The second-order valence-corrected chi connectivity index (χ2v) is 4.28. The smallest absolute Gasteiger partial charge is 0.241 e. The molecule has 0 aliphatic carbocycles. The minimum Gasteiger partial charge on any atom is -0.436 e. The summed E-state index contributed by atoms with van der Waals surface area (Å²) in [5.41, 5.74) is 7.14. The Labute approximate surface area is 101 Å². The van der Waals surface area contributed by atoms with Crippen LogP contribution < -0.4 is 10.5 Å². The average molecular weight is 283 g/mol. The molecule has 16 heavy (non-hydrogen) atoms. The van der Waals surface area contributed by atoms with Crippen molar-refractivity contribution in [3.05, 3.63) is 28.6 Å². The van der Waals surface area contributed by atoms with Gasteiger partial charge < -0.3 is 10.5 Å². The van der Waals surface area contributed by atoms with Gasteiger partial charge in [0, 0.05) is 17.7 Å². The Kier molecular flexibility index (Phi) is 2.82. The standard InChI is InChI=1S/C10H11BrN4O/c1-6-9(12)10(15(2)14-6)16-8-3-7(11)4-13-5-8/h3-5H,12H2,1-2H3. The number of aryl methyl sites for hydroxylation is 2. The summed E-state index contributed by atoms with van der Waals surface area (Å²) in [6, 6.07) is 1.81. The van der Waals surface area contributed by atoms with Gasteiger partial charge in [0.15, 0.2) is 0 Å². The molecule has 2 heterocycles. The molecule has 0 fully saturated rings. The second kappa shape index (κ2) is 4.13. The largest absolute Gasteiger partial charge is 0.436 e. The van der Waals surface area contributed by atoms with E-state index in [2.05, 4.69) is 26.0 Å². The van der Waals surface area contributed by atoms with Gasteiger partial charge in [0.1, 0.15) is 11.4 Å². The lowest BCUT2D eigenvalue weighted by Gasteiger charge is -2.06. The minimum atomic E-state index is 0.525. The minimum absolute atomic E-state index is 0.525. The fourth-order valence-electron chi connectivity index (χ4n) is 1.33. The Bertz CT molecular complexity index is 524. The highest BCUT2D eigenvalue weighted by molar-refractivity contribution is 9.10. The van der Waals surface area contributed by atoms with Crippen molar-refractivity contribution in [2.45, 2.75) is 6.92 Å². The van der Waals surface area contributed by atoms with E-state index in [-0.39, 0.29) is 0 Å². The van der Waals surface area contributed by atoms with Gasteiger partial charge in [-0.3, -0.25) is 4.98 Å². The fourth-order valence-corrected chi connectivity index (χ4v) is 1.68. The summed E-state index contributed by atoms with van der Waals surface area (Å²) in [7, 11) is 1.78. The third-order valence-electron chi connectivity index (χ3n) is 2.11. The highest BCUT2D eigenvalue weighted by Crippen LogP contribution is 2.29. The molecule has 0 atom stereocenters. The maximum Gasteiger partial charge on any atom is 0.241 e. The van der Waals surface area contributed by atoms with Gasteiger partial charge in [0.2, 0.25) is 5.88 Å². The Morgan fingerprint density at radius 2 is 2.19 bits per heavy atom. The van der Waals surface area contributed by atoms with Crippen molar-refractivity contribution in [3.63, 3.8) is 0 Å². The van der Waals surface area contributed by atoms with E-state index in [1.807, 2.05) is 13.0 Å². The number of anilines is 1. The molecular weight excluding hydrogens is 272 g/mol. The molecule has 84 valence electrons. The summed E-state index contributed by atoms with van der Waals surface area (Å²) in [4.78, 5) is 4.00. The first-order valence-electron chi connectivity index (χ1n) is 4.65. The van der Waals surface area contributed by atoms with Crippen LogP contribution in [-0.2, 0) is 7.05 Å². The normalized spacial score (nSPS) is 10.4. The Hall–Kier alpha value is -1.56. The second-order valence-electron chi connectivity index (χ2n) is 3.37. The molecule has 0 saturated carbocycles. The number of hydrogen-bond donors (Lipinski definition) is 1. The van der Waals surface area contributed by atoms with Gasteiger partial charge in [-0.15, -0.1) is 0 Å². The first-order chi connectivity index (χ1) is 7.58. The summed E-state index contributed by atoms with van der Waals surface area (Å²) in [5.74, 6) is 1.14. The van der Waals surface area contributed by atoms with Crippen molar-refractivity contribution in [2.24, 2.45) is 7.05 Å². The monoisotopic (exact) mass is 282 g/mol.